The molecule has 156 valence electrons. The Balaban J connectivity index is 0.000000461. The Labute approximate surface area is 170 Å². The third-order valence-corrected chi connectivity index (χ3v) is 5.57. The molecule has 2 heterocycles. The Kier molecular flexibility index (Phi) is 5.88. The molecule has 2 aromatic heterocycles. The number of nitrogens with one attached hydrogen (secondary N) is 3. The highest BCUT2D eigenvalue weighted by atomic mass is 32.2. The normalized spacial score (nSPS) is 11.1. The number of carboxylic acids is 1. The van der Waals surface area contributed by atoms with Crippen molar-refractivity contribution in [2.75, 3.05) is 4.72 Å². The van der Waals surface area contributed by atoms with E-state index in [1.807, 2.05) is 0 Å². The molecule has 4 rings (SSSR count). The Hall–Kier alpha value is -3.66. The van der Waals surface area contributed by atoms with E-state index in [0.717, 1.165) is 6.07 Å². The first-order valence-electron chi connectivity index (χ1n) is 8.84. The summed E-state index contributed by atoms with van der Waals surface area (Å²) in [7, 11) is -3.92. The van der Waals surface area contributed by atoms with E-state index >= 15 is 0 Å². The molecule has 30 heavy (non-hydrogen) atoms. The lowest BCUT2D eigenvalue weighted by Gasteiger charge is -2.09. The zero-order valence-corrected chi connectivity index (χ0v) is 16.6. The molecule has 0 fully saturated rings. The van der Waals surface area contributed by atoms with Gasteiger partial charge in [0, 0.05) is 34.6 Å². The van der Waals surface area contributed by atoms with Crippen molar-refractivity contribution >= 4 is 43.5 Å². The second-order valence-electron chi connectivity index (χ2n) is 6.29. The van der Waals surface area contributed by atoms with Crippen molar-refractivity contribution in [1.29, 1.82) is 0 Å². The number of carbonyl (C=O) groups is 1. The van der Waals surface area contributed by atoms with Crippen LogP contribution in [0, 0.1) is 5.82 Å². The number of halogens is 1. The van der Waals surface area contributed by atoms with Crippen LogP contribution in [0.25, 0.3) is 21.8 Å². The second-order valence-corrected chi connectivity index (χ2v) is 7.97. The van der Waals surface area contributed by atoms with E-state index in [2.05, 4.69) is 14.7 Å². The van der Waals surface area contributed by atoms with E-state index in [4.69, 9.17) is 5.11 Å². The summed E-state index contributed by atoms with van der Waals surface area (Å²) in [6.45, 7) is 1.60. The van der Waals surface area contributed by atoms with Gasteiger partial charge in [-0.05, 0) is 42.5 Å². The maximum absolute atomic E-state index is 13.3. The standard InChI is InChI=1S/C17H12FN3O3S.C3H6O2/c18-10-2-1-3-12(8-10)25(23,24)21-11-4-5-15-14(9-11)13-6-7-19-16(13)17(22)20-15;1-2-3(4)5/h1-9,19,21H,(H,20,22);2H2,1H3,(H,4,5). The van der Waals surface area contributed by atoms with Crippen LogP contribution in [-0.4, -0.2) is 29.5 Å². The molecule has 0 bridgehead atoms. The number of fused-ring (bicyclic) bond motifs is 3. The van der Waals surface area contributed by atoms with E-state index in [1.165, 1.54) is 24.3 Å². The first-order chi connectivity index (χ1) is 14.2. The number of rotatable bonds is 4. The number of aliphatic carboxylic acids is 1. The molecular weight excluding hydrogens is 413 g/mol. The molecule has 4 aromatic rings. The molecule has 0 aliphatic carbocycles. The fraction of sp³-hybridized carbons (Fsp3) is 0.100. The zero-order chi connectivity index (χ0) is 21.9. The molecule has 0 aliphatic heterocycles. The van der Waals surface area contributed by atoms with Crippen LogP contribution in [0.3, 0.4) is 0 Å². The van der Waals surface area contributed by atoms with Crippen LogP contribution in [0.15, 0.2) is 64.4 Å². The maximum atomic E-state index is 13.3. The van der Waals surface area contributed by atoms with Gasteiger partial charge in [-0.1, -0.05) is 13.0 Å². The van der Waals surface area contributed by atoms with Gasteiger partial charge in [0.25, 0.3) is 15.6 Å². The smallest absolute Gasteiger partial charge is 0.303 e. The number of anilines is 1. The van der Waals surface area contributed by atoms with Gasteiger partial charge < -0.3 is 15.1 Å². The van der Waals surface area contributed by atoms with E-state index in [1.54, 1.807) is 31.3 Å². The largest absolute Gasteiger partial charge is 0.481 e. The molecule has 0 saturated carbocycles. The van der Waals surface area contributed by atoms with E-state index in [0.29, 0.717) is 27.5 Å². The van der Waals surface area contributed by atoms with Crippen LogP contribution in [0.5, 0.6) is 0 Å². The Bertz CT molecular complexity index is 1390. The highest BCUT2D eigenvalue weighted by Crippen LogP contribution is 2.25. The van der Waals surface area contributed by atoms with Crippen molar-refractivity contribution in [3.63, 3.8) is 0 Å². The predicted molar refractivity (Wildman–Crippen MR) is 112 cm³/mol. The summed E-state index contributed by atoms with van der Waals surface area (Å²) >= 11 is 0. The quantitative estimate of drug-likeness (QED) is 0.393. The third-order valence-electron chi connectivity index (χ3n) is 4.19. The highest BCUT2D eigenvalue weighted by Gasteiger charge is 2.15. The number of sulfonamides is 1. The topological polar surface area (TPSA) is 132 Å². The molecular formula is C20H18FN3O5S. The second kappa shape index (κ2) is 8.37. The van der Waals surface area contributed by atoms with E-state index in [9.17, 15) is 22.4 Å². The summed E-state index contributed by atoms with van der Waals surface area (Å²) in [6.07, 6.45) is 1.86. The van der Waals surface area contributed by atoms with Gasteiger partial charge in [-0.15, -0.1) is 0 Å². The van der Waals surface area contributed by atoms with Crippen LogP contribution in [0.1, 0.15) is 13.3 Å². The number of aromatic nitrogens is 2. The van der Waals surface area contributed by atoms with Gasteiger partial charge in [-0.3, -0.25) is 14.3 Å². The number of hydrogen-bond donors (Lipinski definition) is 4. The molecule has 0 atom stereocenters. The summed E-state index contributed by atoms with van der Waals surface area (Å²) in [5, 5.41) is 9.10. The monoisotopic (exact) mass is 431 g/mol. The van der Waals surface area contributed by atoms with Crippen LogP contribution in [-0.2, 0) is 14.8 Å². The minimum atomic E-state index is -3.92. The van der Waals surface area contributed by atoms with Crippen molar-refractivity contribution in [3.05, 3.63) is 70.9 Å². The van der Waals surface area contributed by atoms with Gasteiger partial charge in [0.1, 0.15) is 11.3 Å². The lowest BCUT2D eigenvalue weighted by molar-refractivity contribution is -0.136. The van der Waals surface area contributed by atoms with Crippen LogP contribution in [0.4, 0.5) is 10.1 Å². The number of aromatic amines is 2. The van der Waals surface area contributed by atoms with Crippen molar-refractivity contribution in [2.45, 2.75) is 18.2 Å². The predicted octanol–water partition coefficient (Wildman–Crippen LogP) is 3.43. The van der Waals surface area contributed by atoms with Gasteiger partial charge in [-0.2, -0.15) is 0 Å². The van der Waals surface area contributed by atoms with Gasteiger partial charge in [0.2, 0.25) is 0 Å². The number of H-pyrrole nitrogens is 2. The number of pyridine rings is 1. The van der Waals surface area contributed by atoms with Gasteiger partial charge in [-0.25, -0.2) is 12.8 Å². The van der Waals surface area contributed by atoms with Crippen LogP contribution in [0.2, 0.25) is 0 Å². The molecule has 0 aliphatic rings. The molecule has 8 nitrogen and oxygen atoms in total. The molecule has 0 spiro atoms. The Morgan fingerprint density at radius 1 is 1.13 bits per heavy atom. The molecule has 0 saturated heterocycles. The van der Waals surface area contributed by atoms with Crippen molar-refractivity contribution in [2.24, 2.45) is 0 Å². The zero-order valence-electron chi connectivity index (χ0n) is 15.8. The van der Waals surface area contributed by atoms with E-state index < -0.39 is 21.8 Å². The lowest BCUT2D eigenvalue weighted by atomic mass is 10.1. The molecule has 0 radical (unpaired) electrons. The number of hydrogen-bond acceptors (Lipinski definition) is 4. The summed E-state index contributed by atoms with van der Waals surface area (Å²) in [6, 6.07) is 11.3. The highest BCUT2D eigenvalue weighted by molar-refractivity contribution is 7.92. The average molecular weight is 431 g/mol. The van der Waals surface area contributed by atoms with Gasteiger partial charge in [0.15, 0.2) is 0 Å². The first-order valence-corrected chi connectivity index (χ1v) is 10.3. The fourth-order valence-corrected chi connectivity index (χ4v) is 3.83. The van der Waals surface area contributed by atoms with Gasteiger partial charge in [0.05, 0.1) is 4.90 Å². The number of carboxylic acid groups (broad SMARTS) is 1. The first kappa shape index (κ1) is 21.1. The third kappa shape index (κ3) is 4.49. The summed E-state index contributed by atoms with van der Waals surface area (Å²) < 4.78 is 40.6. The fourth-order valence-electron chi connectivity index (χ4n) is 2.75. The minimum absolute atomic E-state index is 0.166. The van der Waals surface area contributed by atoms with Crippen molar-refractivity contribution < 1.29 is 22.7 Å². The minimum Gasteiger partial charge on any atom is -0.481 e. The van der Waals surface area contributed by atoms with Gasteiger partial charge >= 0.3 is 5.97 Å². The SMILES string of the molecule is CCC(=O)O.O=c1[nH]c2ccc(NS(=O)(=O)c3cccc(F)c3)cc2c2cc[nH]c12. The van der Waals surface area contributed by atoms with E-state index in [-0.39, 0.29) is 16.9 Å². The Morgan fingerprint density at radius 2 is 1.87 bits per heavy atom. The van der Waals surface area contributed by atoms with Crippen LogP contribution < -0.4 is 10.3 Å². The molecule has 0 amide bonds. The molecule has 2 aromatic carbocycles. The average Bonchev–Trinajstić information content (AvgIpc) is 3.20. The summed E-state index contributed by atoms with van der Waals surface area (Å²) in [5.74, 6) is -1.38. The summed E-state index contributed by atoms with van der Waals surface area (Å²) in [5.41, 5.74) is 1.07. The van der Waals surface area contributed by atoms with Crippen LogP contribution >= 0.6 is 0 Å². The molecule has 4 N–H and O–H groups in total. The number of benzene rings is 2. The van der Waals surface area contributed by atoms with Crippen molar-refractivity contribution in [1.82, 2.24) is 9.97 Å². The summed E-state index contributed by atoms with van der Waals surface area (Å²) in [4.78, 5) is 26.7. The molecule has 10 heteroatoms. The lowest BCUT2D eigenvalue weighted by Crippen LogP contribution is -2.13. The van der Waals surface area contributed by atoms with Crippen molar-refractivity contribution in [3.8, 4) is 0 Å². The maximum Gasteiger partial charge on any atom is 0.303 e. The Morgan fingerprint density at radius 3 is 2.53 bits per heavy atom. The molecule has 0 unspecified atom stereocenters.